The second kappa shape index (κ2) is 6.11. The van der Waals surface area contributed by atoms with E-state index in [1.807, 2.05) is 56.5 Å². The van der Waals surface area contributed by atoms with Gasteiger partial charge >= 0.3 is 5.69 Å². The largest absolute Gasteiger partial charge is 0.338 e. The van der Waals surface area contributed by atoms with Gasteiger partial charge in [-0.2, -0.15) is 4.98 Å². The molecule has 126 valence electrons. The Bertz CT molecular complexity index is 1030. The second-order valence-corrected chi connectivity index (χ2v) is 6.40. The lowest BCUT2D eigenvalue weighted by molar-refractivity contribution is 0.507. The summed E-state index contributed by atoms with van der Waals surface area (Å²) in [4.78, 5) is 22.5. The van der Waals surface area contributed by atoms with E-state index < -0.39 is 0 Å². The van der Waals surface area contributed by atoms with Crippen molar-refractivity contribution in [3.05, 3.63) is 53.0 Å². The molecule has 1 aromatic carbocycles. The first-order valence-electron chi connectivity index (χ1n) is 8.23. The van der Waals surface area contributed by atoms with Crippen molar-refractivity contribution in [2.45, 2.75) is 46.3 Å². The second-order valence-electron chi connectivity index (χ2n) is 6.40. The fourth-order valence-corrected chi connectivity index (χ4v) is 2.94. The zero-order valence-corrected chi connectivity index (χ0v) is 14.6. The predicted octanol–water partition coefficient (Wildman–Crippen LogP) is 2.53. The summed E-state index contributed by atoms with van der Waals surface area (Å²) in [7, 11) is 0. The van der Waals surface area contributed by atoms with Crippen molar-refractivity contribution < 1.29 is 0 Å². The summed E-state index contributed by atoms with van der Waals surface area (Å²) in [5, 5.41) is 0. The monoisotopic (exact) mass is 325 g/mol. The molecule has 3 aromatic rings. The molecule has 3 rings (SSSR count). The molecule has 0 spiro atoms. The van der Waals surface area contributed by atoms with Crippen molar-refractivity contribution in [1.29, 1.82) is 0 Å². The van der Waals surface area contributed by atoms with Crippen LogP contribution in [0.3, 0.4) is 0 Å². The molecule has 0 atom stereocenters. The summed E-state index contributed by atoms with van der Waals surface area (Å²) in [6.07, 6.45) is 1.81. The number of allylic oxidation sites excluding steroid dienone is 1. The highest BCUT2D eigenvalue weighted by Crippen LogP contribution is 2.17. The Balaban J connectivity index is 2.60. The maximum Gasteiger partial charge on any atom is 0.338 e. The molecular formula is C18H23N5O. The zero-order valence-electron chi connectivity index (χ0n) is 14.6. The van der Waals surface area contributed by atoms with Crippen molar-refractivity contribution in [1.82, 2.24) is 18.5 Å². The molecular weight excluding hydrogens is 302 g/mol. The molecule has 24 heavy (non-hydrogen) atoms. The van der Waals surface area contributed by atoms with Crippen LogP contribution in [-0.2, 0) is 6.54 Å². The Morgan fingerprint density at radius 1 is 1.21 bits per heavy atom. The van der Waals surface area contributed by atoms with Crippen molar-refractivity contribution >= 4 is 16.8 Å². The van der Waals surface area contributed by atoms with Crippen LogP contribution in [-0.4, -0.2) is 24.6 Å². The van der Waals surface area contributed by atoms with Crippen molar-refractivity contribution in [3.8, 4) is 0 Å². The summed E-state index contributed by atoms with van der Waals surface area (Å²) < 4.78 is 5.31. The highest BCUT2D eigenvalue weighted by atomic mass is 16.1. The quantitative estimate of drug-likeness (QED) is 0.692. The van der Waals surface area contributed by atoms with Crippen molar-refractivity contribution in [3.63, 3.8) is 0 Å². The number of fused-ring (bicyclic) bond motifs is 3. The van der Waals surface area contributed by atoms with E-state index in [4.69, 9.17) is 4.98 Å². The van der Waals surface area contributed by atoms with Gasteiger partial charge in [-0.25, -0.2) is 14.2 Å². The van der Waals surface area contributed by atoms with Gasteiger partial charge < -0.3 is 4.57 Å². The van der Waals surface area contributed by atoms with Crippen molar-refractivity contribution in [2.24, 2.45) is 4.99 Å². The molecule has 0 aliphatic heterocycles. The van der Waals surface area contributed by atoms with E-state index in [1.54, 1.807) is 15.0 Å². The number of imidazole rings is 1. The number of rotatable bonds is 4. The van der Waals surface area contributed by atoms with Crippen molar-refractivity contribution in [2.75, 3.05) is 0 Å². The minimum atomic E-state index is -0.117. The van der Waals surface area contributed by atoms with E-state index in [0.717, 1.165) is 11.0 Å². The van der Waals surface area contributed by atoms with Gasteiger partial charge in [-0.1, -0.05) is 18.2 Å². The Morgan fingerprint density at radius 2 is 1.88 bits per heavy atom. The summed E-state index contributed by atoms with van der Waals surface area (Å²) in [5.74, 6) is 0.595. The van der Waals surface area contributed by atoms with Gasteiger partial charge in [0.1, 0.15) is 0 Å². The lowest BCUT2D eigenvalue weighted by Gasteiger charge is -2.11. The van der Waals surface area contributed by atoms with Crippen LogP contribution in [0.15, 0.2) is 46.7 Å². The molecule has 0 bridgehead atoms. The fraction of sp³-hybridized carbons (Fsp3) is 0.389. The molecule has 0 saturated carbocycles. The average Bonchev–Trinajstić information content (AvgIpc) is 2.81. The molecule has 0 radical (unpaired) electrons. The number of hydrogen-bond donors (Lipinski definition) is 0. The topological polar surface area (TPSA) is 56.6 Å². The van der Waals surface area contributed by atoms with Crippen LogP contribution in [0.5, 0.6) is 0 Å². The number of nitrogens with zero attached hydrogens (tertiary/aromatic N) is 5. The van der Waals surface area contributed by atoms with Crippen LogP contribution < -0.4 is 11.3 Å². The number of para-hydroxylation sites is 2. The SMILES string of the molecule is C=CCn1c2ccccc2n2c(=O)n(C(C)C)c(=NC(C)C)nc12. The molecule has 0 amide bonds. The van der Waals surface area contributed by atoms with Crippen LogP contribution >= 0.6 is 0 Å². The lowest BCUT2D eigenvalue weighted by Crippen LogP contribution is -2.41. The minimum absolute atomic E-state index is 0.0269. The highest BCUT2D eigenvalue weighted by molar-refractivity contribution is 5.80. The van der Waals surface area contributed by atoms with Gasteiger partial charge in [-0.3, -0.25) is 4.57 Å². The molecule has 0 fully saturated rings. The van der Waals surface area contributed by atoms with Gasteiger partial charge in [-0.15, -0.1) is 6.58 Å². The van der Waals surface area contributed by atoms with Gasteiger partial charge in [0, 0.05) is 18.6 Å². The normalized spacial score (nSPS) is 12.8. The summed E-state index contributed by atoms with van der Waals surface area (Å²) >= 11 is 0. The van der Waals surface area contributed by atoms with Gasteiger partial charge in [0.2, 0.25) is 11.4 Å². The molecule has 0 N–H and O–H groups in total. The van der Waals surface area contributed by atoms with E-state index in [9.17, 15) is 4.79 Å². The zero-order chi connectivity index (χ0) is 17.4. The molecule has 0 saturated heterocycles. The van der Waals surface area contributed by atoms with Crippen LogP contribution in [0.1, 0.15) is 33.7 Å². The molecule has 0 aliphatic carbocycles. The van der Waals surface area contributed by atoms with Crippen LogP contribution in [0, 0.1) is 0 Å². The van der Waals surface area contributed by atoms with E-state index in [0.29, 0.717) is 17.9 Å². The van der Waals surface area contributed by atoms with Gasteiger partial charge in [0.15, 0.2) is 0 Å². The standard InChI is InChI=1S/C18H23N5O/c1-6-11-21-14-9-7-8-10-15(14)23-17(21)20-16(19-12(2)3)22(13(4)5)18(23)24/h6-10,12-13H,1,11H2,2-5H3. The number of aromatic nitrogens is 4. The molecule has 6 nitrogen and oxygen atoms in total. The van der Waals surface area contributed by atoms with E-state index >= 15 is 0 Å². The third-order valence-electron chi connectivity index (χ3n) is 3.87. The Kier molecular flexibility index (Phi) is 4.13. The maximum atomic E-state index is 13.2. The minimum Gasteiger partial charge on any atom is -0.306 e. The van der Waals surface area contributed by atoms with Gasteiger partial charge in [0.25, 0.3) is 0 Å². The third-order valence-corrected chi connectivity index (χ3v) is 3.87. The molecule has 0 aliphatic rings. The third kappa shape index (κ3) is 2.48. The van der Waals surface area contributed by atoms with Gasteiger partial charge in [0.05, 0.1) is 11.0 Å². The summed E-state index contributed by atoms with van der Waals surface area (Å²) in [5.41, 5.74) is 2.16. The predicted molar refractivity (Wildman–Crippen MR) is 96.2 cm³/mol. The summed E-state index contributed by atoms with van der Waals surface area (Å²) in [6, 6.07) is 7.85. The fourth-order valence-electron chi connectivity index (χ4n) is 2.94. The Morgan fingerprint density at radius 3 is 2.46 bits per heavy atom. The molecule has 2 aromatic heterocycles. The molecule has 0 unspecified atom stereocenters. The highest BCUT2D eigenvalue weighted by Gasteiger charge is 2.17. The van der Waals surface area contributed by atoms with Crippen LogP contribution in [0.25, 0.3) is 16.8 Å². The average molecular weight is 325 g/mol. The first-order valence-corrected chi connectivity index (χ1v) is 8.23. The van der Waals surface area contributed by atoms with E-state index in [2.05, 4.69) is 11.6 Å². The number of benzene rings is 1. The van der Waals surface area contributed by atoms with Gasteiger partial charge in [-0.05, 0) is 39.8 Å². The molecule has 6 heteroatoms. The van der Waals surface area contributed by atoms with Crippen LogP contribution in [0.2, 0.25) is 0 Å². The first-order chi connectivity index (χ1) is 11.5. The smallest absolute Gasteiger partial charge is 0.306 e. The first kappa shape index (κ1) is 16.2. The number of hydrogen-bond acceptors (Lipinski definition) is 3. The molecule has 2 heterocycles. The van der Waals surface area contributed by atoms with Crippen LogP contribution in [0.4, 0.5) is 0 Å². The lowest BCUT2D eigenvalue weighted by atomic mass is 10.3. The maximum absolute atomic E-state index is 13.2. The Hall–Kier alpha value is -2.63. The Labute approximate surface area is 140 Å². The van der Waals surface area contributed by atoms with E-state index in [1.165, 1.54) is 0 Å². The van der Waals surface area contributed by atoms with E-state index in [-0.39, 0.29) is 17.8 Å². The summed E-state index contributed by atoms with van der Waals surface area (Å²) in [6.45, 7) is 12.3.